The number of hydrogen-bond donors (Lipinski definition) is 2. The van der Waals surface area contributed by atoms with Gasteiger partial charge in [0.25, 0.3) is 0 Å². The molecule has 0 saturated carbocycles. The minimum Gasteiger partial charge on any atom is -0.445 e. The lowest BCUT2D eigenvalue weighted by Gasteiger charge is -2.21. The van der Waals surface area contributed by atoms with Crippen molar-refractivity contribution in [2.45, 2.75) is 58.3 Å². The largest absolute Gasteiger partial charge is 0.445 e. The number of amides is 2. The maximum atomic E-state index is 11.7. The molecule has 0 saturated heterocycles. The SMILES string of the molecule is CC(C)(C)OC(=O)NC(C=O)CCCCNC(=O)OCc1ccccc1Cl. The molecular weight excluding hydrogens is 372 g/mol. The van der Waals surface area contributed by atoms with Gasteiger partial charge in [0.15, 0.2) is 0 Å². The van der Waals surface area contributed by atoms with Gasteiger partial charge in [-0.15, -0.1) is 0 Å². The molecule has 0 radical (unpaired) electrons. The van der Waals surface area contributed by atoms with E-state index in [2.05, 4.69) is 10.6 Å². The molecule has 2 amide bonds. The second kappa shape index (κ2) is 11.4. The Morgan fingerprint density at radius 1 is 1.19 bits per heavy atom. The molecular formula is C19H27ClN2O5. The molecule has 1 aromatic carbocycles. The van der Waals surface area contributed by atoms with Crippen LogP contribution in [-0.4, -0.2) is 36.7 Å². The van der Waals surface area contributed by atoms with E-state index in [1.165, 1.54) is 0 Å². The molecule has 0 bridgehead atoms. The molecule has 27 heavy (non-hydrogen) atoms. The molecule has 2 N–H and O–H groups in total. The van der Waals surface area contributed by atoms with E-state index in [-0.39, 0.29) is 6.61 Å². The van der Waals surface area contributed by atoms with Crippen LogP contribution in [0.25, 0.3) is 0 Å². The Kier molecular flexibility index (Phi) is 9.64. The van der Waals surface area contributed by atoms with Crippen molar-refractivity contribution in [3.05, 3.63) is 34.9 Å². The van der Waals surface area contributed by atoms with E-state index in [0.29, 0.717) is 37.1 Å². The highest BCUT2D eigenvalue weighted by molar-refractivity contribution is 6.31. The van der Waals surface area contributed by atoms with E-state index in [9.17, 15) is 14.4 Å². The standard InChI is InChI=1S/C19H27ClN2O5/c1-19(2,3)27-18(25)22-15(12-23)9-6-7-11-21-17(24)26-13-14-8-4-5-10-16(14)20/h4-5,8,10,12,15H,6-7,9,11,13H2,1-3H3,(H,21,24)(H,22,25). The number of halogens is 1. The Labute approximate surface area is 164 Å². The summed E-state index contributed by atoms with van der Waals surface area (Å²) in [7, 11) is 0. The van der Waals surface area contributed by atoms with Crippen molar-refractivity contribution in [2.24, 2.45) is 0 Å². The lowest BCUT2D eigenvalue weighted by Crippen LogP contribution is -2.40. The van der Waals surface area contributed by atoms with Gasteiger partial charge in [-0.1, -0.05) is 29.8 Å². The second-order valence-electron chi connectivity index (χ2n) is 6.98. The van der Waals surface area contributed by atoms with Crippen LogP contribution in [0.3, 0.4) is 0 Å². The zero-order valence-corrected chi connectivity index (χ0v) is 16.7. The van der Waals surface area contributed by atoms with Crippen molar-refractivity contribution in [2.75, 3.05) is 6.54 Å². The summed E-state index contributed by atoms with van der Waals surface area (Å²) in [4.78, 5) is 34.4. The number of unbranched alkanes of at least 4 members (excludes halogenated alkanes) is 1. The summed E-state index contributed by atoms with van der Waals surface area (Å²) in [5.74, 6) is 0. The second-order valence-corrected chi connectivity index (χ2v) is 7.39. The van der Waals surface area contributed by atoms with Gasteiger partial charge in [-0.25, -0.2) is 9.59 Å². The van der Waals surface area contributed by atoms with Crippen molar-refractivity contribution in [3.63, 3.8) is 0 Å². The van der Waals surface area contributed by atoms with Gasteiger partial charge in [0.05, 0.1) is 6.04 Å². The molecule has 1 rings (SSSR count). The highest BCUT2D eigenvalue weighted by Gasteiger charge is 2.19. The average molecular weight is 399 g/mol. The molecule has 0 heterocycles. The molecule has 1 aromatic rings. The number of carbonyl (C=O) groups excluding carboxylic acids is 3. The van der Waals surface area contributed by atoms with E-state index in [4.69, 9.17) is 21.1 Å². The van der Waals surface area contributed by atoms with Crippen LogP contribution in [0, 0.1) is 0 Å². The third kappa shape index (κ3) is 10.5. The van der Waals surface area contributed by atoms with E-state index in [1.54, 1.807) is 39.0 Å². The Bertz CT molecular complexity index is 631. The fraction of sp³-hybridized carbons (Fsp3) is 0.526. The average Bonchev–Trinajstić information content (AvgIpc) is 2.58. The molecule has 8 heteroatoms. The van der Waals surface area contributed by atoms with Crippen molar-refractivity contribution >= 4 is 30.1 Å². The smallest absolute Gasteiger partial charge is 0.408 e. The number of nitrogens with one attached hydrogen (secondary N) is 2. The molecule has 0 spiro atoms. The first-order chi connectivity index (χ1) is 12.7. The topological polar surface area (TPSA) is 93.7 Å². The number of aldehydes is 1. The predicted molar refractivity (Wildman–Crippen MR) is 103 cm³/mol. The van der Waals surface area contributed by atoms with Gasteiger partial charge in [0.2, 0.25) is 0 Å². The van der Waals surface area contributed by atoms with Crippen molar-refractivity contribution in [1.29, 1.82) is 0 Å². The van der Waals surface area contributed by atoms with Crippen LogP contribution >= 0.6 is 11.6 Å². The first-order valence-corrected chi connectivity index (χ1v) is 9.18. The van der Waals surface area contributed by atoms with Crippen LogP contribution < -0.4 is 10.6 Å². The first kappa shape index (κ1) is 22.8. The minimum absolute atomic E-state index is 0.0958. The number of benzene rings is 1. The predicted octanol–water partition coefficient (Wildman–Crippen LogP) is 3.83. The molecule has 0 aliphatic heterocycles. The zero-order chi connectivity index (χ0) is 20.3. The van der Waals surface area contributed by atoms with Crippen LogP contribution in [0.1, 0.15) is 45.6 Å². The fourth-order valence-electron chi connectivity index (χ4n) is 2.12. The minimum atomic E-state index is -0.624. The Balaban J connectivity index is 2.17. The molecule has 1 atom stereocenters. The summed E-state index contributed by atoms with van der Waals surface area (Å²) >= 11 is 5.99. The van der Waals surface area contributed by atoms with E-state index >= 15 is 0 Å². The molecule has 150 valence electrons. The van der Waals surface area contributed by atoms with Gasteiger partial charge in [-0.3, -0.25) is 0 Å². The van der Waals surface area contributed by atoms with Crippen LogP contribution in [-0.2, 0) is 20.9 Å². The molecule has 1 unspecified atom stereocenters. The van der Waals surface area contributed by atoms with Crippen LogP contribution in [0.5, 0.6) is 0 Å². The highest BCUT2D eigenvalue weighted by atomic mass is 35.5. The van der Waals surface area contributed by atoms with E-state index in [1.807, 2.05) is 6.07 Å². The quantitative estimate of drug-likeness (QED) is 0.487. The van der Waals surface area contributed by atoms with Crippen molar-refractivity contribution in [1.82, 2.24) is 10.6 Å². The number of carbonyl (C=O) groups is 3. The number of hydrogen-bond acceptors (Lipinski definition) is 5. The third-order valence-electron chi connectivity index (χ3n) is 3.39. The normalized spacial score (nSPS) is 12.0. The van der Waals surface area contributed by atoms with Gasteiger partial charge >= 0.3 is 12.2 Å². The summed E-state index contributed by atoms with van der Waals surface area (Å²) in [6.07, 6.45) is 1.26. The molecule has 7 nitrogen and oxygen atoms in total. The molecule has 0 aliphatic rings. The Hall–Kier alpha value is -2.28. The summed E-state index contributed by atoms with van der Waals surface area (Å²) in [5, 5.41) is 5.69. The highest BCUT2D eigenvalue weighted by Crippen LogP contribution is 2.15. The van der Waals surface area contributed by atoms with Crippen LogP contribution in [0.2, 0.25) is 5.02 Å². The molecule has 0 aliphatic carbocycles. The number of rotatable bonds is 9. The van der Waals surface area contributed by atoms with Crippen molar-refractivity contribution < 1.29 is 23.9 Å². The summed E-state index contributed by atoms with van der Waals surface area (Å²) < 4.78 is 10.2. The van der Waals surface area contributed by atoms with Crippen molar-refractivity contribution in [3.8, 4) is 0 Å². The first-order valence-electron chi connectivity index (χ1n) is 8.80. The van der Waals surface area contributed by atoms with Gasteiger partial charge < -0.3 is 24.9 Å². The van der Waals surface area contributed by atoms with E-state index in [0.717, 1.165) is 5.56 Å². The summed E-state index contributed by atoms with van der Waals surface area (Å²) in [5.41, 5.74) is 0.113. The van der Waals surface area contributed by atoms with E-state index < -0.39 is 23.8 Å². The number of alkyl carbamates (subject to hydrolysis) is 2. The van der Waals surface area contributed by atoms with Gasteiger partial charge in [-0.2, -0.15) is 0 Å². The summed E-state index contributed by atoms with van der Waals surface area (Å²) in [6, 6.07) is 6.51. The third-order valence-corrected chi connectivity index (χ3v) is 3.76. The maximum absolute atomic E-state index is 11.7. The van der Waals surface area contributed by atoms with Gasteiger partial charge in [0.1, 0.15) is 18.5 Å². The van der Waals surface area contributed by atoms with Crippen LogP contribution in [0.4, 0.5) is 9.59 Å². The molecule has 0 fully saturated rings. The zero-order valence-electron chi connectivity index (χ0n) is 15.9. The fourth-order valence-corrected chi connectivity index (χ4v) is 2.31. The van der Waals surface area contributed by atoms with Gasteiger partial charge in [-0.05, 0) is 46.1 Å². The monoisotopic (exact) mass is 398 g/mol. The lowest BCUT2D eigenvalue weighted by molar-refractivity contribution is -0.109. The Morgan fingerprint density at radius 2 is 1.89 bits per heavy atom. The summed E-state index contributed by atoms with van der Waals surface area (Å²) in [6.45, 7) is 5.74. The lowest BCUT2D eigenvalue weighted by atomic mass is 10.1. The van der Waals surface area contributed by atoms with Crippen LogP contribution in [0.15, 0.2) is 24.3 Å². The Morgan fingerprint density at radius 3 is 2.52 bits per heavy atom. The molecule has 0 aromatic heterocycles. The van der Waals surface area contributed by atoms with Gasteiger partial charge in [0, 0.05) is 17.1 Å². The maximum Gasteiger partial charge on any atom is 0.408 e. The number of ether oxygens (including phenoxy) is 2.